The molecule has 5 nitrogen and oxygen atoms in total. The van der Waals surface area contributed by atoms with E-state index in [0.29, 0.717) is 24.9 Å². The summed E-state index contributed by atoms with van der Waals surface area (Å²) in [6.45, 7) is 9.30. The molecule has 0 saturated carbocycles. The second-order valence-corrected chi connectivity index (χ2v) is 5.08. The van der Waals surface area contributed by atoms with E-state index in [1.807, 2.05) is 32.0 Å². The number of nitrogen functional groups attached to an aromatic ring is 1. The first kappa shape index (κ1) is 15.2. The number of anilines is 1. The van der Waals surface area contributed by atoms with E-state index < -0.39 is 0 Å². The van der Waals surface area contributed by atoms with Crippen LogP contribution in [0.15, 0.2) is 18.2 Å². The molecule has 1 heterocycles. The van der Waals surface area contributed by atoms with Crippen molar-refractivity contribution in [3.05, 3.63) is 23.8 Å². The number of nitrogens with zero attached hydrogens (tertiary/aromatic N) is 1. The number of hydrogen-bond donors (Lipinski definition) is 2. The Morgan fingerprint density at radius 3 is 2.43 bits per heavy atom. The normalized spacial score (nSPS) is 10.9. The van der Waals surface area contributed by atoms with E-state index in [-0.39, 0.29) is 0 Å². The van der Waals surface area contributed by atoms with Crippen molar-refractivity contribution in [2.45, 2.75) is 33.6 Å². The first-order chi connectivity index (χ1) is 10.1. The fraction of sp³-hybridized carbons (Fsp3) is 0.438. The highest BCUT2D eigenvalue weighted by molar-refractivity contribution is 5.71. The van der Waals surface area contributed by atoms with Gasteiger partial charge in [0.15, 0.2) is 11.5 Å². The number of ether oxygens (including phenoxy) is 2. The van der Waals surface area contributed by atoms with Gasteiger partial charge in [-0.1, -0.05) is 13.8 Å². The summed E-state index contributed by atoms with van der Waals surface area (Å²) < 4.78 is 11.3. The lowest BCUT2D eigenvalue weighted by atomic mass is 9.98. The van der Waals surface area contributed by atoms with Crippen molar-refractivity contribution < 1.29 is 9.47 Å². The molecule has 1 aromatic heterocycles. The number of nitrogens with one attached hydrogen (secondary N) is 1. The zero-order chi connectivity index (χ0) is 15.4. The maximum Gasteiger partial charge on any atom is 0.161 e. The number of H-pyrrole nitrogens is 1. The first-order valence-electron chi connectivity index (χ1n) is 7.32. The lowest BCUT2D eigenvalue weighted by Gasteiger charge is -2.13. The summed E-state index contributed by atoms with van der Waals surface area (Å²) in [5.41, 5.74) is 8.92. The van der Waals surface area contributed by atoms with Crippen molar-refractivity contribution in [3.8, 4) is 22.8 Å². The van der Waals surface area contributed by atoms with Crippen LogP contribution in [0.4, 0.5) is 5.82 Å². The van der Waals surface area contributed by atoms with Gasteiger partial charge in [0, 0.05) is 11.1 Å². The Labute approximate surface area is 125 Å². The van der Waals surface area contributed by atoms with Crippen LogP contribution in [-0.2, 0) is 0 Å². The Balaban J connectivity index is 2.47. The van der Waals surface area contributed by atoms with Crippen LogP contribution >= 0.6 is 0 Å². The molecule has 0 aliphatic heterocycles. The molecule has 5 heteroatoms. The third-order valence-corrected chi connectivity index (χ3v) is 3.24. The molecule has 0 unspecified atom stereocenters. The van der Waals surface area contributed by atoms with Crippen LogP contribution in [0.5, 0.6) is 11.5 Å². The highest BCUT2D eigenvalue weighted by atomic mass is 16.5. The van der Waals surface area contributed by atoms with Gasteiger partial charge in [-0.15, -0.1) is 0 Å². The molecule has 0 radical (unpaired) electrons. The summed E-state index contributed by atoms with van der Waals surface area (Å²) in [4.78, 5) is 0. The Bertz CT molecular complexity index is 606. The fourth-order valence-electron chi connectivity index (χ4n) is 2.38. The second-order valence-electron chi connectivity index (χ2n) is 5.08. The van der Waals surface area contributed by atoms with Gasteiger partial charge in [-0.25, -0.2) is 0 Å². The minimum Gasteiger partial charge on any atom is -0.490 e. The molecular formula is C16H23N3O2. The van der Waals surface area contributed by atoms with Crippen molar-refractivity contribution in [1.29, 1.82) is 0 Å². The molecule has 3 N–H and O–H groups in total. The van der Waals surface area contributed by atoms with Crippen molar-refractivity contribution in [3.63, 3.8) is 0 Å². The molecule has 2 rings (SSSR count). The van der Waals surface area contributed by atoms with Gasteiger partial charge < -0.3 is 15.2 Å². The van der Waals surface area contributed by atoms with Crippen LogP contribution in [0, 0.1) is 0 Å². The molecular weight excluding hydrogens is 266 g/mol. The number of benzene rings is 1. The van der Waals surface area contributed by atoms with E-state index in [2.05, 4.69) is 24.0 Å². The number of aromatic nitrogens is 2. The predicted octanol–water partition coefficient (Wildman–Crippen LogP) is 3.58. The first-order valence-corrected chi connectivity index (χ1v) is 7.32. The zero-order valence-electron chi connectivity index (χ0n) is 13.1. The molecule has 0 atom stereocenters. The molecule has 1 aromatic carbocycles. The van der Waals surface area contributed by atoms with Crippen LogP contribution in [0.25, 0.3) is 11.3 Å². The quantitative estimate of drug-likeness (QED) is 0.852. The number of aromatic amines is 1. The molecule has 21 heavy (non-hydrogen) atoms. The fourth-order valence-corrected chi connectivity index (χ4v) is 2.38. The van der Waals surface area contributed by atoms with Crippen LogP contribution in [0.3, 0.4) is 0 Å². The molecule has 0 aliphatic carbocycles. The largest absolute Gasteiger partial charge is 0.490 e. The summed E-state index contributed by atoms with van der Waals surface area (Å²) >= 11 is 0. The van der Waals surface area contributed by atoms with Crippen molar-refractivity contribution in [2.24, 2.45) is 0 Å². The average Bonchev–Trinajstić information content (AvgIpc) is 2.83. The SMILES string of the molecule is CCOc1ccc(-c2[nH]nc(N)c2C(C)C)cc1OCC. The standard InChI is InChI=1S/C16H23N3O2/c1-5-20-12-8-7-11(9-13(12)21-6-2)15-14(10(3)4)16(17)19-18-15/h7-10H,5-6H2,1-4H3,(H3,17,18,19). The van der Waals surface area contributed by atoms with E-state index in [0.717, 1.165) is 28.3 Å². The van der Waals surface area contributed by atoms with E-state index in [1.54, 1.807) is 0 Å². The van der Waals surface area contributed by atoms with E-state index in [9.17, 15) is 0 Å². The lowest BCUT2D eigenvalue weighted by molar-refractivity contribution is 0.288. The summed E-state index contributed by atoms with van der Waals surface area (Å²) in [5, 5.41) is 7.15. The third kappa shape index (κ3) is 3.12. The van der Waals surface area contributed by atoms with Crippen molar-refractivity contribution in [1.82, 2.24) is 10.2 Å². The van der Waals surface area contributed by atoms with Gasteiger partial charge in [-0.05, 0) is 38.0 Å². The molecule has 0 spiro atoms. The van der Waals surface area contributed by atoms with Crippen LogP contribution in [-0.4, -0.2) is 23.4 Å². The molecule has 0 aliphatic rings. The van der Waals surface area contributed by atoms with Gasteiger partial charge in [-0.2, -0.15) is 5.10 Å². The maximum atomic E-state index is 5.96. The van der Waals surface area contributed by atoms with E-state index >= 15 is 0 Å². The minimum atomic E-state index is 0.292. The van der Waals surface area contributed by atoms with Crippen molar-refractivity contribution >= 4 is 5.82 Å². The maximum absolute atomic E-state index is 5.96. The van der Waals surface area contributed by atoms with Crippen LogP contribution in [0.2, 0.25) is 0 Å². The third-order valence-electron chi connectivity index (χ3n) is 3.24. The highest BCUT2D eigenvalue weighted by Gasteiger charge is 2.17. The van der Waals surface area contributed by atoms with Gasteiger partial charge >= 0.3 is 0 Å². The molecule has 114 valence electrons. The van der Waals surface area contributed by atoms with Gasteiger partial charge in [0.05, 0.1) is 18.9 Å². The van der Waals surface area contributed by atoms with Crippen LogP contribution < -0.4 is 15.2 Å². The van der Waals surface area contributed by atoms with E-state index in [1.165, 1.54) is 0 Å². The zero-order valence-corrected chi connectivity index (χ0v) is 13.1. The Hall–Kier alpha value is -2.17. The minimum absolute atomic E-state index is 0.292. The van der Waals surface area contributed by atoms with Crippen LogP contribution in [0.1, 0.15) is 39.2 Å². The topological polar surface area (TPSA) is 73.2 Å². The molecule has 0 amide bonds. The molecule has 0 bridgehead atoms. The predicted molar refractivity (Wildman–Crippen MR) is 84.9 cm³/mol. The van der Waals surface area contributed by atoms with Gasteiger partial charge in [-0.3, -0.25) is 5.10 Å². The molecule has 0 saturated heterocycles. The molecule has 2 aromatic rings. The monoisotopic (exact) mass is 289 g/mol. The van der Waals surface area contributed by atoms with Gasteiger partial charge in [0.2, 0.25) is 0 Å². The Morgan fingerprint density at radius 1 is 1.14 bits per heavy atom. The lowest BCUT2D eigenvalue weighted by Crippen LogP contribution is -1.99. The number of hydrogen-bond acceptors (Lipinski definition) is 4. The van der Waals surface area contributed by atoms with Crippen molar-refractivity contribution in [2.75, 3.05) is 18.9 Å². The summed E-state index contributed by atoms with van der Waals surface area (Å²) in [6.07, 6.45) is 0. The second kappa shape index (κ2) is 6.52. The summed E-state index contributed by atoms with van der Waals surface area (Å²) in [6, 6.07) is 5.88. The Morgan fingerprint density at radius 2 is 1.81 bits per heavy atom. The smallest absolute Gasteiger partial charge is 0.161 e. The number of nitrogens with two attached hydrogens (primary N) is 1. The number of rotatable bonds is 6. The van der Waals surface area contributed by atoms with Gasteiger partial charge in [0.1, 0.15) is 5.82 Å². The summed E-state index contributed by atoms with van der Waals surface area (Å²) in [7, 11) is 0. The Kier molecular flexibility index (Phi) is 4.73. The molecule has 0 fully saturated rings. The highest BCUT2D eigenvalue weighted by Crippen LogP contribution is 2.36. The van der Waals surface area contributed by atoms with Gasteiger partial charge in [0.25, 0.3) is 0 Å². The average molecular weight is 289 g/mol. The van der Waals surface area contributed by atoms with E-state index in [4.69, 9.17) is 15.2 Å². The summed E-state index contributed by atoms with van der Waals surface area (Å²) in [5.74, 6) is 2.33.